The number of carbonyl (C=O) groups is 1. The van der Waals surface area contributed by atoms with Gasteiger partial charge in [-0.25, -0.2) is 4.79 Å². The van der Waals surface area contributed by atoms with Gasteiger partial charge in [0.1, 0.15) is 17.3 Å². The third-order valence-corrected chi connectivity index (χ3v) is 5.76. The zero-order valence-electron chi connectivity index (χ0n) is 19.8. The van der Waals surface area contributed by atoms with E-state index in [9.17, 15) is 14.4 Å². The summed E-state index contributed by atoms with van der Waals surface area (Å²) in [6.45, 7) is 7.03. The zero-order valence-corrected chi connectivity index (χ0v) is 20.6. The van der Waals surface area contributed by atoms with Crippen molar-refractivity contribution >= 4 is 29.2 Å². The van der Waals surface area contributed by atoms with E-state index in [0.29, 0.717) is 31.9 Å². The minimum atomic E-state index is -0.644. The molecule has 0 aliphatic rings. The highest BCUT2D eigenvalue weighted by Crippen LogP contribution is 2.20. The average Bonchev–Trinajstić information content (AvgIpc) is 2.78. The highest BCUT2D eigenvalue weighted by Gasteiger charge is 2.24. The highest BCUT2D eigenvalue weighted by atomic mass is 32.2. The van der Waals surface area contributed by atoms with Gasteiger partial charge in [-0.2, -0.15) is 0 Å². The topological polar surface area (TPSA) is 120 Å². The summed E-state index contributed by atoms with van der Waals surface area (Å²) in [4.78, 5) is 41.6. The lowest BCUT2D eigenvalue weighted by atomic mass is 10.2. The van der Waals surface area contributed by atoms with Gasteiger partial charge in [-0.05, 0) is 36.6 Å². The van der Waals surface area contributed by atoms with E-state index >= 15 is 0 Å². The first-order valence-electron chi connectivity index (χ1n) is 11.1. The molecule has 0 spiro atoms. The van der Waals surface area contributed by atoms with E-state index in [4.69, 9.17) is 15.2 Å². The summed E-state index contributed by atoms with van der Waals surface area (Å²) in [5.41, 5.74) is 5.05. The van der Waals surface area contributed by atoms with Gasteiger partial charge < -0.3 is 20.1 Å². The molecule has 1 heterocycles. The van der Waals surface area contributed by atoms with Gasteiger partial charge in [0.15, 0.2) is 5.69 Å². The number of hydrogen-bond acceptors (Lipinski definition) is 7. The van der Waals surface area contributed by atoms with Gasteiger partial charge in [0.25, 0.3) is 5.56 Å². The Morgan fingerprint density at radius 2 is 1.88 bits per heavy atom. The lowest BCUT2D eigenvalue weighted by Gasteiger charge is -2.24. The Balaban J connectivity index is 2.06. The van der Waals surface area contributed by atoms with Gasteiger partial charge in [0.2, 0.25) is 5.91 Å². The normalized spacial score (nSPS) is 10.9. The molecular formula is C23H34N4O5S. The fraction of sp³-hybridized carbons (Fsp3) is 0.522. The van der Waals surface area contributed by atoms with Crippen molar-refractivity contribution in [3.8, 4) is 11.5 Å². The first-order chi connectivity index (χ1) is 15.8. The first-order valence-corrected chi connectivity index (χ1v) is 12.2. The molecule has 0 atom stereocenters. The Morgan fingerprint density at radius 3 is 2.48 bits per heavy atom. The van der Waals surface area contributed by atoms with Crippen molar-refractivity contribution in [2.45, 2.75) is 40.2 Å². The summed E-state index contributed by atoms with van der Waals surface area (Å²) in [6.07, 6.45) is 1.55. The number of amides is 1. The summed E-state index contributed by atoms with van der Waals surface area (Å²) in [7, 11) is 1.60. The molecule has 33 heavy (non-hydrogen) atoms. The predicted octanol–water partition coefficient (Wildman–Crippen LogP) is 2.73. The van der Waals surface area contributed by atoms with Crippen LogP contribution in [-0.2, 0) is 11.3 Å². The van der Waals surface area contributed by atoms with E-state index in [1.807, 2.05) is 45.0 Å². The van der Waals surface area contributed by atoms with E-state index < -0.39 is 11.2 Å². The molecule has 0 aliphatic heterocycles. The van der Waals surface area contributed by atoms with Crippen molar-refractivity contribution < 1.29 is 14.3 Å². The van der Waals surface area contributed by atoms with Crippen LogP contribution in [0.5, 0.6) is 11.5 Å². The van der Waals surface area contributed by atoms with Gasteiger partial charge in [-0.15, -0.1) is 11.8 Å². The maximum Gasteiger partial charge on any atom is 0.330 e. The van der Waals surface area contributed by atoms with Crippen LogP contribution in [0.4, 0.5) is 11.5 Å². The lowest BCUT2D eigenvalue weighted by molar-refractivity contribution is -0.116. The maximum atomic E-state index is 13.0. The molecule has 0 unspecified atom stereocenters. The number of methoxy groups -OCH3 is 1. The van der Waals surface area contributed by atoms with Gasteiger partial charge in [-0.1, -0.05) is 27.2 Å². The second kappa shape index (κ2) is 13.0. The number of nitrogens with two attached hydrogens (primary N) is 1. The Bertz CT molecular complexity index is 1020. The maximum absolute atomic E-state index is 13.0. The predicted molar refractivity (Wildman–Crippen MR) is 134 cm³/mol. The van der Waals surface area contributed by atoms with Crippen molar-refractivity contribution in [2.75, 3.05) is 42.4 Å². The second-order valence-corrected chi connectivity index (χ2v) is 9.08. The highest BCUT2D eigenvalue weighted by molar-refractivity contribution is 7.99. The molecule has 9 nitrogen and oxygen atoms in total. The Morgan fingerprint density at radius 1 is 1.21 bits per heavy atom. The van der Waals surface area contributed by atoms with Crippen molar-refractivity contribution in [2.24, 2.45) is 5.92 Å². The number of carbonyl (C=O) groups excluding carboxylic acids is 1. The van der Waals surface area contributed by atoms with E-state index in [0.717, 1.165) is 17.9 Å². The van der Waals surface area contributed by atoms with Crippen LogP contribution in [-0.4, -0.2) is 47.2 Å². The Kier molecular flexibility index (Phi) is 10.4. The van der Waals surface area contributed by atoms with E-state index in [1.165, 1.54) is 21.2 Å². The minimum Gasteiger partial charge on any atom is -0.497 e. The van der Waals surface area contributed by atoms with Crippen LogP contribution in [0.25, 0.3) is 0 Å². The molecule has 182 valence electrons. The summed E-state index contributed by atoms with van der Waals surface area (Å²) in [5, 5.41) is 0. The number of nitrogens with zero attached hydrogens (tertiary/aromatic N) is 2. The van der Waals surface area contributed by atoms with Gasteiger partial charge in [-0.3, -0.25) is 19.1 Å². The summed E-state index contributed by atoms with van der Waals surface area (Å²) >= 11 is 1.41. The number of aromatic amines is 1. The number of nitrogen functional groups attached to an aromatic ring is 1. The third-order valence-electron chi connectivity index (χ3n) is 4.85. The smallest absolute Gasteiger partial charge is 0.330 e. The second-order valence-electron chi connectivity index (χ2n) is 7.97. The molecule has 1 amide bonds. The molecular weight excluding hydrogens is 444 g/mol. The number of benzene rings is 1. The molecule has 0 fully saturated rings. The molecule has 0 saturated heterocycles. The summed E-state index contributed by atoms with van der Waals surface area (Å²) in [6, 6.07) is 7.28. The lowest BCUT2D eigenvalue weighted by Crippen LogP contribution is -2.42. The number of ether oxygens (including phenoxy) is 2. The molecule has 1 aromatic heterocycles. The number of anilines is 2. The Labute approximate surface area is 198 Å². The van der Waals surface area contributed by atoms with E-state index in [1.54, 1.807) is 7.11 Å². The molecule has 0 saturated carbocycles. The molecule has 10 heteroatoms. The number of rotatable bonds is 13. The number of aromatic nitrogens is 2. The quantitative estimate of drug-likeness (QED) is 0.425. The first kappa shape index (κ1) is 26.4. The van der Waals surface area contributed by atoms with Crippen LogP contribution >= 0.6 is 11.8 Å². The summed E-state index contributed by atoms with van der Waals surface area (Å²) < 4.78 is 12.1. The fourth-order valence-corrected chi connectivity index (χ4v) is 3.87. The van der Waals surface area contributed by atoms with Crippen molar-refractivity contribution in [3.05, 3.63) is 45.1 Å². The van der Waals surface area contributed by atoms with Gasteiger partial charge in [0.05, 0.1) is 19.5 Å². The Hall–Kier alpha value is -2.88. The van der Waals surface area contributed by atoms with E-state index in [2.05, 4.69) is 4.98 Å². The van der Waals surface area contributed by atoms with Crippen molar-refractivity contribution in [1.82, 2.24) is 9.55 Å². The van der Waals surface area contributed by atoms with Gasteiger partial charge in [0, 0.05) is 18.8 Å². The summed E-state index contributed by atoms with van der Waals surface area (Å²) in [5.74, 6) is 2.17. The van der Waals surface area contributed by atoms with Crippen LogP contribution in [0, 0.1) is 5.92 Å². The SMILES string of the molecule is CCCCN(C(=O)CSCCOc1ccc(OC)cc1)c1c(N)n(CC(C)C)c(=O)[nH]c1=O. The molecule has 2 rings (SSSR count). The molecule has 0 aliphatic carbocycles. The molecule has 0 bridgehead atoms. The van der Waals surface area contributed by atoms with Crippen LogP contribution < -0.4 is 31.4 Å². The number of nitrogens with one attached hydrogen (secondary N) is 1. The van der Waals surface area contributed by atoms with Crippen LogP contribution in [0.3, 0.4) is 0 Å². The molecule has 1 aromatic carbocycles. The number of hydrogen-bond donors (Lipinski definition) is 2. The minimum absolute atomic E-state index is 0.0229. The largest absolute Gasteiger partial charge is 0.497 e. The molecule has 0 radical (unpaired) electrons. The monoisotopic (exact) mass is 478 g/mol. The average molecular weight is 479 g/mol. The van der Waals surface area contributed by atoms with Crippen LogP contribution in [0.2, 0.25) is 0 Å². The third kappa shape index (κ3) is 7.59. The standard InChI is InChI=1S/C23H34N4O5S/c1-5-6-11-26(20-21(24)27(14-16(2)3)23(30)25-22(20)29)19(28)15-33-13-12-32-18-9-7-17(31-4)8-10-18/h7-10,16H,5-6,11-15,24H2,1-4H3,(H,25,29,30). The fourth-order valence-electron chi connectivity index (χ4n) is 3.19. The van der Waals surface area contributed by atoms with Crippen LogP contribution in [0.15, 0.2) is 33.9 Å². The number of H-pyrrole nitrogens is 1. The van der Waals surface area contributed by atoms with Crippen molar-refractivity contribution in [1.29, 1.82) is 0 Å². The van der Waals surface area contributed by atoms with Gasteiger partial charge >= 0.3 is 5.69 Å². The molecule has 3 N–H and O–H groups in total. The van der Waals surface area contributed by atoms with Crippen LogP contribution in [0.1, 0.15) is 33.6 Å². The number of unbranched alkanes of at least 4 members (excludes halogenated alkanes) is 1. The zero-order chi connectivity index (χ0) is 24.4. The molecule has 2 aromatic rings. The van der Waals surface area contributed by atoms with E-state index in [-0.39, 0.29) is 29.1 Å². The van der Waals surface area contributed by atoms with Crippen molar-refractivity contribution in [3.63, 3.8) is 0 Å². The number of thioether (sulfide) groups is 1.